The lowest BCUT2D eigenvalue weighted by Gasteiger charge is -2.26. The smallest absolute Gasteiger partial charge is 0.326 e. The molecule has 35 heavy (non-hydrogen) atoms. The number of carbonyl (C=O) groups is 6. The summed E-state index contributed by atoms with van der Waals surface area (Å²) in [7, 11) is 0. The average molecular weight is 519 g/mol. The summed E-state index contributed by atoms with van der Waals surface area (Å²) in [6.07, 6.45) is 1.68. The maximum absolute atomic E-state index is 13.0. The van der Waals surface area contributed by atoms with Crippen LogP contribution >= 0.6 is 11.8 Å². The van der Waals surface area contributed by atoms with E-state index in [4.69, 9.17) is 17.2 Å². The van der Waals surface area contributed by atoms with Crippen molar-refractivity contribution in [3.63, 3.8) is 0 Å². The lowest BCUT2D eigenvalue weighted by atomic mass is 9.98. The lowest BCUT2D eigenvalue weighted by molar-refractivity contribution is -0.142. The van der Waals surface area contributed by atoms with Gasteiger partial charge in [0.25, 0.3) is 0 Å². The Hall–Kier alpha value is -2.87. The molecule has 0 aromatic heterocycles. The number of aliphatic carboxylic acids is 1. The van der Waals surface area contributed by atoms with Crippen molar-refractivity contribution in [2.24, 2.45) is 23.1 Å². The molecule has 0 aromatic rings. The summed E-state index contributed by atoms with van der Waals surface area (Å²) in [6, 6.07) is -4.68. The second-order valence-electron chi connectivity index (χ2n) is 8.22. The van der Waals surface area contributed by atoms with Gasteiger partial charge in [-0.15, -0.1) is 0 Å². The molecule has 14 heteroatoms. The molecule has 200 valence electrons. The van der Waals surface area contributed by atoms with Crippen LogP contribution in [0.2, 0.25) is 0 Å². The van der Waals surface area contributed by atoms with E-state index in [2.05, 4.69) is 16.0 Å². The van der Waals surface area contributed by atoms with Crippen LogP contribution in [0.15, 0.2) is 0 Å². The molecule has 0 aromatic carbocycles. The molecule has 5 atom stereocenters. The van der Waals surface area contributed by atoms with Crippen molar-refractivity contribution >= 4 is 47.3 Å². The second-order valence-corrected chi connectivity index (χ2v) is 9.21. The summed E-state index contributed by atoms with van der Waals surface area (Å²) in [5, 5.41) is 16.6. The number of carboxylic acids is 1. The van der Waals surface area contributed by atoms with E-state index >= 15 is 0 Å². The number of hydrogen-bond acceptors (Lipinski definition) is 8. The van der Waals surface area contributed by atoms with Crippen LogP contribution in [0, 0.1) is 5.92 Å². The van der Waals surface area contributed by atoms with Crippen LogP contribution in [-0.4, -0.2) is 76.8 Å². The van der Waals surface area contributed by atoms with E-state index in [-0.39, 0.29) is 38.0 Å². The summed E-state index contributed by atoms with van der Waals surface area (Å²) >= 11 is 1.40. The second kappa shape index (κ2) is 16.7. The minimum atomic E-state index is -1.32. The normalized spacial score (nSPS) is 15.1. The van der Waals surface area contributed by atoms with Crippen LogP contribution in [0.5, 0.6) is 0 Å². The third kappa shape index (κ3) is 13.0. The molecule has 10 N–H and O–H groups in total. The highest BCUT2D eigenvalue weighted by molar-refractivity contribution is 7.98. The van der Waals surface area contributed by atoms with Gasteiger partial charge in [0.2, 0.25) is 29.5 Å². The summed E-state index contributed by atoms with van der Waals surface area (Å²) in [5.74, 6) is -4.67. The first kappa shape index (κ1) is 32.1. The van der Waals surface area contributed by atoms with Crippen molar-refractivity contribution in [3.05, 3.63) is 0 Å². The Balaban J connectivity index is 5.63. The molecule has 0 rings (SSSR count). The first-order valence-corrected chi connectivity index (χ1v) is 12.7. The Morgan fingerprint density at radius 3 is 1.60 bits per heavy atom. The van der Waals surface area contributed by atoms with Gasteiger partial charge < -0.3 is 38.3 Å². The highest BCUT2D eigenvalue weighted by atomic mass is 32.2. The SMILES string of the molecule is CCC(C)C(N)C(=O)NC(CCC(N)=O)C(=O)NC(CCC(N)=O)C(=O)NC(CCSC)C(=O)O. The van der Waals surface area contributed by atoms with Gasteiger partial charge in [-0.1, -0.05) is 20.3 Å². The predicted octanol–water partition coefficient (Wildman–Crippen LogP) is -1.82. The van der Waals surface area contributed by atoms with Crippen molar-refractivity contribution in [2.45, 2.75) is 76.5 Å². The summed E-state index contributed by atoms with van der Waals surface area (Å²) in [4.78, 5) is 72.3. The molecule has 0 bridgehead atoms. The van der Waals surface area contributed by atoms with Crippen molar-refractivity contribution in [2.75, 3.05) is 12.0 Å². The van der Waals surface area contributed by atoms with Gasteiger partial charge in [-0.05, 0) is 37.2 Å². The predicted molar refractivity (Wildman–Crippen MR) is 131 cm³/mol. The number of nitrogens with two attached hydrogens (primary N) is 3. The molecule has 0 radical (unpaired) electrons. The zero-order valence-corrected chi connectivity index (χ0v) is 21.2. The summed E-state index contributed by atoms with van der Waals surface area (Å²) in [6.45, 7) is 3.61. The third-order valence-electron chi connectivity index (χ3n) is 5.41. The van der Waals surface area contributed by atoms with Crippen LogP contribution < -0.4 is 33.2 Å². The fourth-order valence-corrected chi connectivity index (χ4v) is 3.40. The van der Waals surface area contributed by atoms with Crippen molar-refractivity contribution in [1.29, 1.82) is 0 Å². The molecule has 0 spiro atoms. The van der Waals surface area contributed by atoms with E-state index in [1.807, 2.05) is 6.92 Å². The number of primary amides is 2. The third-order valence-corrected chi connectivity index (χ3v) is 6.05. The van der Waals surface area contributed by atoms with E-state index in [9.17, 15) is 33.9 Å². The van der Waals surface area contributed by atoms with Crippen molar-refractivity contribution in [1.82, 2.24) is 16.0 Å². The van der Waals surface area contributed by atoms with Gasteiger partial charge in [0, 0.05) is 12.8 Å². The fourth-order valence-electron chi connectivity index (χ4n) is 2.93. The number of nitrogens with one attached hydrogen (secondary N) is 3. The van der Waals surface area contributed by atoms with Crippen LogP contribution in [0.1, 0.15) is 52.4 Å². The Labute approximate surface area is 209 Å². The Morgan fingerprint density at radius 1 is 0.800 bits per heavy atom. The number of rotatable bonds is 18. The molecule has 0 saturated heterocycles. The fraction of sp³-hybridized carbons (Fsp3) is 0.714. The zero-order chi connectivity index (χ0) is 27.1. The first-order valence-electron chi connectivity index (χ1n) is 11.3. The van der Waals surface area contributed by atoms with Gasteiger partial charge in [0.05, 0.1) is 6.04 Å². The molecule has 0 saturated carbocycles. The first-order chi connectivity index (χ1) is 16.3. The monoisotopic (exact) mass is 518 g/mol. The van der Waals surface area contributed by atoms with E-state index in [1.165, 1.54) is 11.8 Å². The minimum Gasteiger partial charge on any atom is -0.480 e. The van der Waals surface area contributed by atoms with Gasteiger partial charge in [0.1, 0.15) is 18.1 Å². The standard InChI is InChI=1S/C21H38N6O7S/c1-4-11(2)17(24)20(32)26-13(6-8-16(23)29)18(30)25-12(5-7-15(22)28)19(31)27-14(21(33)34)9-10-35-3/h11-14,17H,4-10,24H2,1-3H3,(H2,22,28)(H2,23,29)(H,25,30)(H,26,32)(H,27,31)(H,33,34). The molecule has 0 fully saturated rings. The van der Waals surface area contributed by atoms with Gasteiger partial charge in [-0.2, -0.15) is 11.8 Å². The number of thioether (sulfide) groups is 1. The van der Waals surface area contributed by atoms with Gasteiger partial charge in [0.15, 0.2) is 0 Å². The molecule has 0 aliphatic rings. The number of carboxylic acid groups (broad SMARTS) is 1. The molecule has 13 nitrogen and oxygen atoms in total. The van der Waals surface area contributed by atoms with Gasteiger partial charge in [-0.25, -0.2) is 4.79 Å². The molecular formula is C21H38N6O7S. The number of hydrogen-bond donors (Lipinski definition) is 7. The van der Waals surface area contributed by atoms with Crippen molar-refractivity contribution < 1.29 is 33.9 Å². The molecule has 0 aliphatic carbocycles. The Kier molecular flexibility index (Phi) is 15.3. The molecule has 0 heterocycles. The zero-order valence-electron chi connectivity index (χ0n) is 20.4. The van der Waals surface area contributed by atoms with Crippen LogP contribution in [0.4, 0.5) is 0 Å². The van der Waals surface area contributed by atoms with E-state index in [0.717, 1.165) is 0 Å². The Morgan fingerprint density at radius 2 is 1.23 bits per heavy atom. The molecule has 5 unspecified atom stereocenters. The average Bonchev–Trinajstić information content (AvgIpc) is 2.79. The maximum atomic E-state index is 13.0. The summed E-state index contributed by atoms with van der Waals surface area (Å²) in [5.41, 5.74) is 16.3. The molecule has 5 amide bonds. The topological polar surface area (TPSA) is 237 Å². The summed E-state index contributed by atoms with van der Waals surface area (Å²) < 4.78 is 0. The van der Waals surface area contributed by atoms with E-state index in [0.29, 0.717) is 12.2 Å². The largest absolute Gasteiger partial charge is 0.480 e. The van der Waals surface area contributed by atoms with Crippen molar-refractivity contribution in [3.8, 4) is 0 Å². The minimum absolute atomic E-state index is 0.142. The molecular weight excluding hydrogens is 480 g/mol. The van der Waals surface area contributed by atoms with Crippen LogP contribution in [0.3, 0.4) is 0 Å². The van der Waals surface area contributed by atoms with Crippen LogP contribution in [-0.2, 0) is 28.8 Å². The van der Waals surface area contributed by atoms with Gasteiger partial charge >= 0.3 is 5.97 Å². The highest BCUT2D eigenvalue weighted by Gasteiger charge is 2.31. The van der Waals surface area contributed by atoms with Gasteiger partial charge in [-0.3, -0.25) is 24.0 Å². The maximum Gasteiger partial charge on any atom is 0.326 e. The van der Waals surface area contributed by atoms with E-state index in [1.54, 1.807) is 13.2 Å². The number of amides is 5. The Bertz CT molecular complexity index is 766. The highest BCUT2D eigenvalue weighted by Crippen LogP contribution is 2.08. The van der Waals surface area contributed by atoms with E-state index < -0.39 is 59.7 Å². The molecule has 0 aliphatic heterocycles. The number of carbonyl (C=O) groups excluding carboxylic acids is 5. The quantitative estimate of drug-likeness (QED) is 0.108. The lowest BCUT2D eigenvalue weighted by Crippen LogP contribution is -2.57. The van der Waals surface area contributed by atoms with Crippen LogP contribution in [0.25, 0.3) is 0 Å².